The zero-order valence-electron chi connectivity index (χ0n) is 11.9. The van der Waals surface area contributed by atoms with Crippen LogP contribution in [0.5, 0.6) is 0 Å². The molecule has 0 radical (unpaired) electrons. The summed E-state index contributed by atoms with van der Waals surface area (Å²) in [5, 5.41) is 8.91. The van der Waals surface area contributed by atoms with E-state index in [1.807, 2.05) is 25.7 Å². The van der Waals surface area contributed by atoms with Crippen molar-refractivity contribution in [2.24, 2.45) is 0 Å². The highest BCUT2D eigenvalue weighted by Gasteiger charge is 2.26. The zero-order valence-corrected chi connectivity index (χ0v) is 11.9. The van der Waals surface area contributed by atoms with E-state index in [4.69, 9.17) is 9.52 Å². The molecule has 1 aliphatic rings. The minimum atomic E-state index is 0.0653. The van der Waals surface area contributed by atoms with E-state index in [1.54, 1.807) is 0 Å². The Morgan fingerprint density at radius 3 is 2.26 bits per heavy atom. The number of furan rings is 1. The molecule has 5 heteroatoms. The van der Waals surface area contributed by atoms with Gasteiger partial charge in [0, 0.05) is 38.3 Å². The van der Waals surface area contributed by atoms with Crippen LogP contribution in [0.2, 0.25) is 0 Å². The van der Waals surface area contributed by atoms with Gasteiger partial charge >= 0.3 is 0 Å². The lowest BCUT2D eigenvalue weighted by atomic mass is 10.1. The first-order valence-corrected chi connectivity index (χ1v) is 6.73. The summed E-state index contributed by atoms with van der Waals surface area (Å²) in [7, 11) is 0. The van der Waals surface area contributed by atoms with E-state index < -0.39 is 0 Å². The monoisotopic (exact) mass is 266 g/mol. The SMILES string of the molecule is Cc1oc(C)c(C(=O)N2CCN(CCO)CC2)c1C. The normalized spacial score (nSPS) is 16.9. The summed E-state index contributed by atoms with van der Waals surface area (Å²) in [6.07, 6.45) is 0. The smallest absolute Gasteiger partial charge is 0.257 e. The van der Waals surface area contributed by atoms with Crippen molar-refractivity contribution in [2.75, 3.05) is 39.3 Å². The molecule has 5 nitrogen and oxygen atoms in total. The summed E-state index contributed by atoms with van der Waals surface area (Å²) < 4.78 is 5.53. The number of carbonyl (C=O) groups is 1. The van der Waals surface area contributed by atoms with Crippen LogP contribution in [0.1, 0.15) is 27.4 Å². The molecule has 1 saturated heterocycles. The van der Waals surface area contributed by atoms with E-state index in [-0.39, 0.29) is 12.5 Å². The lowest BCUT2D eigenvalue weighted by Crippen LogP contribution is -2.49. The quantitative estimate of drug-likeness (QED) is 0.885. The lowest BCUT2D eigenvalue weighted by molar-refractivity contribution is 0.0613. The van der Waals surface area contributed by atoms with Gasteiger partial charge in [0.05, 0.1) is 12.2 Å². The van der Waals surface area contributed by atoms with Gasteiger partial charge in [0.25, 0.3) is 5.91 Å². The standard InChI is InChI=1S/C14H22N2O3/c1-10-11(2)19-12(3)13(10)14(18)16-6-4-15(5-7-16)8-9-17/h17H,4-9H2,1-3H3. The van der Waals surface area contributed by atoms with Crippen LogP contribution in [0.3, 0.4) is 0 Å². The third-order valence-electron chi connectivity index (χ3n) is 3.85. The van der Waals surface area contributed by atoms with Crippen LogP contribution in [0.15, 0.2) is 4.42 Å². The molecule has 2 heterocycles. The molecular weight excluding hydrogens is 244 g/mol. The Morgan fingerprint density at radius 2 is 1.79 bits per heavy atom. The fourth-order valence-corrected chi connectivity index (χ4v) is 2.58. The number of aliphatic hydroxyl groups is 1. The van der Waals surface area contributed by atoms with Crippen LogP contribution in [0.4, 0.5) is 0 Å². The second-order valence-corrected chi connectivity index (χ2v) is 5.07. The number of nitrogens with zero attached hydrogens (tertiary/aromatic N) is 2. The predicted octanol–water partition coefficient (Wildman–Crippen LogP) is 0.955. The maximum absolute atomic E-state index is 12.5. The molecule has 1 amide bonds. The van der Waals surface area contributed by atoms with E-state index in [1.165, 1.54) is 0 Å². The Labute approximate surface area is 113 Å². The van der Waals surface area contributed by atoms with Gasteiger partial charge in [0.2, 0.25) is 0 Å². The van der Waals surface area contributed by atoms with E-state index in [0.717, 1.165) is 24.4 Å². The molecule has 0 spiro atoms. The molecule has 0 aliphatic carbocycles. The Kier molecular flexibility index (Phi) is 4.27. The first-order chi connectivity index (χ1) is 9.04. The van der Waals surface area contributed by atoms with Crippen molar-refractivity contribution in [3.8, 4) is 0 Å². The molecule has 2 rings (SSSR count). The van der Waals surface area contributed by atoms with Gasteiger partial charge in [-0.1, -0.05) is 0 Å². The number of hydrogen-bond donors (Lipinski definition) is 1. The number of β-amino-alcohol motifs (C(OH)–C–C–N with tert-alkyl or cyclic N) is 1. The molecule has 1 N–H and O–H groups in total. The largest absolute Gasteiger partial charge is 0.466 e. The van der Waals surface area contributed by atoms with Crippen LogP contribution >= 0.6 is 0 Å². The fraction of sp³-hybridized carbons (Fsp3) is 0.643. The predicted molar refractivity (Wildman–Crippen MR) is 72.3 cm³/mol. The van der Waals surface area contributed by atoms with Crippen LogP contribution in [0, 0.1) is 20.8 Å². The number of carbonyl (C=O) groups excluding carboxylic acids is 1. The first-order valence-electron chi connectivity index (χ1n) is 6.73. The van der Waals surface area contributed by atoms with E-state index in [2.05, 4.69) is 4.90 Å². The van der Waals surface area contributed by atoms with Gasteiger partial charge in [-0.05, 0) is 20.8 Å². The molecule has 1 fully saturated rings. The molecule has 1 aromatic heterocycles. The Hall–Kier alpha value is -1.33. The fourth-order valence-electron chi connectivity index (χ4n) is 2.58. The van der Waals surface area contributed by atoms with Crippen molar-refractivity contribution in [1.82, 2.24) is 9.80 Å². The van der Waals surface area contributed by atoms with Crippen LogP contribution in [0.25, 0.3) is 0 Å². The summed E-state index contributed by atoms with van der Waals surface area (Å²) in [5.74, 6) is 1.59. The van der Waals surface area contributed by atoms with E-state index in [0.29, 0.717) is 31.0 Å². The van der Waals surface area contributed by atoms with Crippen molar-refractivity contribution in [2.45, 2.75) is 20.8 Å². The van der Waals surface area contributed by atoms with Gasteiger partial charge in [-0.15, -0.1) is 0 Å². The average molecular weight is 266 g/mol. The number of aliphatic hydroxyl groups excluding tert-OH is 1. The van der Waals surface area contributed by atoms with Gasteiger partial charge in [0.1, 0.15) is 11.5 Å². The zero-order chi connectivity index (χ0) is 14.0. The number of rotatable bonds is 3. The second kappa shape index (κ2) is 5.75. The summed E-state index contributed by atoms with van der Waals surface area (Å²) >= 11 is 0. The molecule has 1 aliphatic heterocycles. The molecule has 0 atom stereocenters. The molecule has 0 bridgehead atoms. The number of amides is 1. The van der Waals surface area contributed by atoms with Gasteiger partial charge in [-0.3, -0.25) is 9.69 Å². The number of hydrogen-bond acceptors (Lipinski definition) is 4. The van der Waals surface area contributed by atoms with Crippen LogP contribution in [-0.2, 0) is 0 Å². The molecular formula is C14H22N2O3. The van der Waals surface area contributed by atoms with Crippen molar-refractivity contribution in [1.29, 1.82) is 0 Å². The number of piperazine rings is 1. The van der Waals surface area contributed by atoms with Gasteiger partial charge < -0.3 is 14.4 Å². The Bertz CT molecular complexity index is 460. The summed E-state index contributed by atoms with van der Waals surface area (Å²) in [4.78, 5) is 16.6. The Balaban J connectivity index is 2.05. The van der Waals surface area contributed by atoms with E-state index in [9.17, 15) is 4.79 Å². The van der Waals surface area contributed by atoms with Crippen molar-refractivity contribution in [3.63, 3.8) is 0 Å². The molecule has 1 aromatic rings. The van der Waals surface area contributed by atoms with Gasteiger partial charge in [-0.2, -0.15) is 0 Å². The molecule has 0 unspecified atom stereocenters. The molecule has 0 saturated carbocycles. The highest BCUT2D eigenvalue weighted by atomic mass is 16.3. The van der Waals surface area contributed by atoms with Crippen molar-refractivity contribution in [3.05, 3.63) is 22.6 Å². The highest BCUT2D eigenvalue weighted by molar-refractivity contribution is 5.97. The second-order valence-electron chi connectivity index (χ2n) is 5.07. The minimum Gasteiger partial charge on any atom is -0.466 e. The molecule has 106 valence electrons. The third-order valence-corrected chi connectivity index (χ3v) is 3.85. The number of aryl methyl sites for hydroxylation is 2. The van der Waals surface area contributed by atoms with Gasteiger partial charge in [0.15, 0.2) is 0 Å². The van der Waals surface area contributed by atoms with Gasteiger partial charge in [-0.25, -0.2) is 0 Å². The first kappa shape index (κ1) is 14.1. The van der Waals surface area contributed by atoms with Crippen molar-refractivity contribution < 1.29 is 14.3 Å². The molecule has 19 heavy (non-hydrogen) atoms. The molecule has 0 aromatic carbocycles. The highest BCUT2D eigenvalue weighted by Crippen LogP contribution is 2.22. The average Bonchev–Trinajstić information content (AvgIpc) is 2.64. The lowest BCUT2D eigenvalue weighted by Gasteiger charge is -2.34. The Morgan fingerprint density at radius 1 is 1.16 bits per heavy atom. The van der Waals surface area contributed by atoms with Crippen LogP contribution < -0.4 is 0 Å². The minimum absolute atomic E-state index is 0.0653. The van der Waals surface area contributed by atoms with E-state index >= 15 is 0 Å². The summed E-state index contributed by atoms with van der Waals surface area (Å²) in [6, 6.07) is 0. The topological polar surface area (TPSA) is 56.9 Å². The van der Waals surface area contributed by atoms with Crippen molar-refractivity contribution >= 4 is 5.91 Å². The van der Waals surface area contributed by atoms with Crippen LogP contribution in [-0.4, -0.2) is 60.1 Å². The maximum atomic E-state index is 12.5. The summed E-state index contributed by atoms with van der Waals surface area (Å²) in [5.41, 5.74) is 1.66. The maximum Gasteiger partial charge on any atom is 0.257 e. The third kappa shape index (κ3) is 2.82. The summed E-state index contributed by atoms with van der Waals surface area (Å²) in [6.45, 7) is 9.58.